The summed E-state index contributed by atoms with van der Waals surface area (Å²) in [4.78, 5) is 3.89. The van der Waals surface area contributed by atoms with Gasteiger partial charge in [-0.2, -0.15) is 0 Å². The van der Waals surface area contributed by atoms with Crippen molar-refractivity contribution in [2.75, 3.05) is 6.54 Å². The van der Waals surface area contributed by atoms with E-state index in [1.165, 1.54) is 6.21 Å². The van der Waals surface area contributed by atoms with Gasteiger partial charge in [0.1, 0.15) is 0 Å². The molecular formula is C6H8Cl5N. The fourth-order valence-electron chi connectivity index (χ4n) is 0.381. The van der Waals surface area contributed by atoms with E-state index in [1.807, 2.05) is 6.92 Å². The molecule has 0 spiro atoms. The Morgan fingerprint density at radius 2 is 1.67 bits per heavy atom. The Balaban J connectivity index is 4.22. The Morgan fingerprint density at radius 1 is 1.17 bits per heavy atom. The molecule has 0 N–H and O–H groups in total. The molecule has 0 heterocycles. The summed E-state index contributed by atoms with van der Waals surface area (Å²) < 4.78 is -3.32. The molecular weight excluding hydrogens is 263 g/mol. The Kier molecular flexibility index (Phi) is 5.59. The second-order valence-corrected chi connectivity index (χ2v) is 5.82. The normalized spacial score (nSPS) is 14.2. The summed E-state index contributed by atoms with van der Waals surface area (Å²) in [6.07, 6.45) is 2.13. The van der Waals surface area contributed by atoms with Gasteiger partial charge >= 0.3 is 0 Å². The molecule has 0 unspecified atom stereocenters. The van der Waals surface area contributed by atoms with Crippen LogP contribution in [0.1, 0.15) is 13.3 Å². The Labute approximate surface area is 97.0 Å². The predicted octanol–water partition coefficient (Wildman–Crippen LogP) is 4.01. The maximum Gasteiger partial charge on any atom is 0.228 e. The van der Waals surface area contributed by atoms with Crippen LogP contribution in [0.5, 0.6) is 0 Å². The maximum absolute atomic E-state index is 5.67. The molecule has 72 valence electrons. The number of alkyl halides is 5. The van der Waals surface area contributed by atoms with Gasteiger partial charge < -0.3 is 0 Å². The number of hydrogen-bond donors (Lipinski definition) is 0. The zero-order chi connectivity index (χ0) is 9.83. The van der Waals surface area contributed by atoms with Gasteiger partial charge in [0, 0.05) is 12.8 Å². The standard InChI is InChI=1S/C6H8Cl5N/c1-2-3-12-4-5(7,8)6(9,10)11/h4H,2-3H2,1H3. The molecule has 0 saturated carbocycles. The fraction of sp³-hybridized carbons (Fsp3) is 0.833. The van der Waals surface area contributed by atoms with Gasteiger partial charge in [-0.05, 0) is 6.42 Å². The van der Waals surface area contributed by atoms with E-state index in [0.717, 1.165) is 6.42 Å². The molecule has 0 aromatic rings. The van der Waals surface area contributed by atoms with Crippen LogP contribution in [0.2, 0.25) is 0 Å². The van der Waals surface area contributed by atoms with E-state index in [1.54, 1.807) is 0 Å². The van der Waals surface area contributed by atoms with Gasteiger partial charge in [0.25, 0.3) is 0 Å². The highest BCUT2D eigenvalue weighted by Gasteiger charge is 2.44. The van der Waals surface area contributed by atoms with Crippen LogP contribution >= 0.6 is 58.0 Å². The first kappa shape index (κ1) is 13.1. The molecule has 1 nitrogen and oxygen atoms in total. The largest absolute Gasteiger partial charge is 0.294 e. The molecule has 0 fully saturated rings. The lowest BCUT2D eigenvalue weighted by molar-refractivity contribution is 0.923. The third-order valence-corrected chi connectivity index (χ3v) is 3.22. The summed E-state index contributed by atoms with van der Waals surface area (Å²) in [5.74, 6) is 0. The van der Waals surface area contributed by atoms with Gasteiger partial charge in [-0.25, -0.2) is 0 Å². The number of hydrogen-bond acceptors (Lipinski definition) is 1. The van der Waals surface area contributed by atoms with Crippen molar-refractivity contribution >= 4 is 64.2 Å². The van der Waals surface area contributed by atoms with E-state index in [-0.39, 0.29) is 0 Å². The molecule has 0 saturated heterocycles. The van der Waals surface area contributed by atoms with Crippen molar-refractivity contribution in [2.24, 2.45) is 4.99 Å². The van der Waals surface area contributed by atoms with E-state index in [2.05, 4.69) is 4.99 Å². The van der Waals surface area contributed by atoms with Crippen LogP contribution in [0.15, 0.2) is 4.99 Å². The molecule has 0 aromatic carbocycles. The maximum atomic E-state index is 5.67. The monoisotopic (exact) mass is 269 g/mol. The second-order valence-electron chi connectivity index (χ2n) is 2.16. The molecule has 0 aromatic heterocycles. The molecule has 0 bridgehead atoms. The molecule has 0 aliphatic rings. The zero-order valence-electron chi connectivity index (χ0n) is 6.33. The number of halogens is 5. The highest BCUT2D eigenvalue weighted by Crippen LogP contribution is 2.44. The smallest absolute Gasteiger partial charge is 0.228 e. The third kappa shape index (κ3) is 4.38. The van der Waals surface area contributed by atoms with Crippen molar-refractivity contribution in [1.82, 2.24) is 0 Å². The van der Waals surface area contributed by atoms with E-state index >= 15 is 0 Å². The van der Waals surface area contributed by atoms with Crippen molar-refractivity contribution in [1.29, 1.82) is 0 Å². The Hall–Kier alpha value is 1.12. The average Bonchev–Trinajstić information content (AvgIpc) is 1.85. The summed E-state index contributed by atoms with van der Waals surface area (Å²) in [5.41, 5.74) is 0. The predicted molar refractivity (Wildman–Crippen MR) is 58.4 cm³/mol. The first-order valence-corrected chi connectivity index (χ1v) is 5.15. The Morgan fingerprint density at radius 3 is 2.00 bits per heavy atom. The van der Waals surface area contributed by atoms with Crippen molar-refractivity contribution < 1.29 is 0 Å². The van der Waals surface area contributed by atoms with E-state index in [0.29, 0.717) is 6.54 Å². The summed E-state index contributed by atoms with van der Waals surface area (Å²) in [6, 6.07) is 0. The fourth-order valence-corrected chi connectivity index (χ4v) is 0.666. The lowest BCUT2D eigenvalue weighted by Gasteiger charge is -2.22. The second kappa shape index (κ2) is 5.11. The molecule has 0 aliphatic carbocycles. The van der Waals surface area contributed by atoms with Crippen molar-refractivity contribution in [3.8, 4) is 0 Å². The van der Waals surface area contributed by atoms with Crippen LogP contribution < -0.4 is 0 Å². The minimum Gasteiger partial charge on any atom is -0.294 e. The quantitative estimate of drug-likeness (QED) is 0.543. The molecule has 12 heavy (non-hydrogen) atoms. The minimum absolute atomic E-state index is 0.613. The van der Waals surface area contributed by atoms with Crippen LogP contribution in [0.4, 0.5) is 0 Å². The van der Waals surface area contributed by atoms with Gasteiger partial charge in [0.15, 0.2) is 4.33 Å². The lowest BCUT2D eigenvalue weighted by Crippen LogP contribution is -2.32. The molecule has 0 aliphatic heterocycles. The van der Waals surface area contributed by atoms with Crippen LogP contribution in [0.3, 0.4) is 0 Å². The topological polar surface area (TPSA) is 12.4 Å². The van der Waals surface area contributed by atoms with Gasteiger partial charge in [0.05, 0.1) is 0 Å². The van der Waals surface area contributed by atoms with Crippen molar-refractivity contribution in [3.63, 3.8) is 0 Å². The zero-order valence-corrected chi connectivity index (χ0v) is 10.1. The summed E-state index contributed by atoms with van der Waals surface area (Å²) in [7, 11) is 0. The average molecular weight is 271 g/mol. The minimum atomic E-state index is -1.76. The van der Waals surface area contributed by atoms with E-state index in [9.17, 15) is 0 Å². The highest BCUT2D eigenvalue weighted by molar-refractivity contribution is 6.78. The van der Waals surface area contributed by atoms with Gasteiger partial charge in [0.2, 0.25) is 3.79 Å². The van der Waals surface area contributed by atoms with Crippen molar-refractivity contribution in [3.05, 3.63) is 0 Å². The van der Waals surface area contributed by atoms with Gasteiger partial charge in [-0.15, -0.1) is 0 Å². The molecule has 0 rings (SSSR count). The lowest BCUT2D eigenvalue weighted by atomic mass is 10.4. The molecule has 0 amide bonds. The van der Waals surface area contributed by atoms with Crippen molar-refractivity contribution in [2.45, 2.75) is 21.5 Å². The summed E-state index contributed by atoms with van der Waals surface area (Å²) in [6.45, 7) is 2.58. The summed E-state index contributed by atoms with van der Waals surface area (Å²) in [5, 5.41) is 0. The highest BCUT2D eigenvalue weighted by atomic mass is 35.6. The molecule has 0 radical (unpaired) electrons. The van der Waals surface area contributed by atoms with E-state index < -0.39 is 8.13 Å². The first-order chi connectivity index (χ1) is 5.31. The van der Waals surface area contributed by atoms with Gasteiger partial charge in [-0.3, -0.25) is 4.99 Å². The number of nitrogens with zero attached hydrogens (tertiary/aromatic N) is 1. The number of aliphatic imine (C=N–C) groups is 1. The van der Waals surface area contributed by atoms with Crippen LogP contribution in [-0.4, -0.2) is 20.9 Å². The number of rotatable bonds is 3. The van der Waals surface area contributed by atoms with Gasteiger partial charge in [-0.1, -0.05) is 64.9 Å². The summed E-state index contributed by atoms with van der Waals surface area (Å²) >= 11 is 27.8. The third-order valence-electron chi connectivity index (χ3n) is 0.984. The molecule has 0 atom stereocenters. The Bertz CT molecular complexity index is 160. The SMILES string of the molecule is CCCN=CC(Cl)(Cl)C(Cl)(Cl)Cl. The molecule has 6 heteroatoms. The van der Waals surface area contributed by atoms with Crippen LogP contribution in [0, 0.1) is 0 Å². The first-order valence-electron chi connectivity index (χ1n) is 3.27. The van der Waals surface area contributed by atoms with E-state index in [4.69, 9.17) is 58.0 Å². The van der Waals surface area contributed by atoms with Crippen LogP contribution in [0.25, 0.3) is 0 Å². The van der Waals surface area contributed by atoms with Crippen LogP contribution in [-0.2, 0) is 0 Å².